The lowest BCUT2D eigenvalue weighted by molar-refractivity contribution is -0.116. The van der Waals surface area contributed by atoms with Gasteiger partial charge in [-0.1, -0.05) is 36.4 Å². The predicted octanol–water partition coefficient (Wildman–Crippen LogP) is 3.82. The third-order valence-corrected chi connectivity index (χ3v) is 5.12. The number of aromatic amines is 1. The maximum atomic E-state index is 12.7. The molecule has 0 unspecified atom stereocenters. The van der Waals surface area contributed by atoms with Gasteiger partial charge in [0.15, 0.2) is 5.82 Å². The van der Waals surface area contributed by atoms with Crippen molar-refractivity contribution in [1.82, 2.24) is 19.7 Å². The zero-order chi connectivity index (χ0) is 21.1. The van der Waals surface area contributed by atoms with Crippen LogP contribution >= 0.6 is 0 Å². The number of fused-ring (bicyclic) bond motifs is 1. The van der Waals surface area contributed by atoms with Gasteiger partial charge in [-0.05, 0) is 38.0 Å². The number of nitrogens with zero attached hydrogens (tertiary/aromatic N) is 3. The van der Waals surface area contributed by atoms with Crippen molar-refractivity contribution in [2.75, 3.05) is 5.32 Å². The monoisotopic (exact) mass is 401 g/mol. The van der Waals surface area contributed by atoms with Crippen LogP contribution in [-0.2, 0) is 11.3 Å². The third-order valence-electron chi connectivity index (χ3n) is 5.12. The maximum absolute atomic E-state index is 12.7. The molecule has 0 aliphatic carbocycles. The van der Waals surface area contributed by atoms with Gasteiger partial charge in [0.05, 0.1) is 16.6 Å². The number of hydrogen-bond acceptors (Lipinski definition) is 4. The molecular weight excluding hydrogens is 378 g/mol. The van der Waals surface area contributed by atoms with Crippen molar-refractivity contribution in [3.63, 3.8) is 0 Å². The molecule has 2 aromatic carbocycles. The molecule has 0 saturated heterocycles. The molecule has 0 saturated carbocycles. The molecule has 1 amide bonds. The van der Waals surface area contributed by atoms with Crippen LogP contribution in [0.4, 0.5) is 5.82 Å². The number of carbonyl (C=O) groups excluding carboxylic acids is 1. The molecule has 0 atom stereocenters. The zero-order valence-electron chi connectivity index (χ0n) is 17.0. The van der Waals surface area contributed by atoms with E-state index in [0.717, 1.165) is 16.8 Å². The van der Waals surface area contributed by atoms with Crippen molar-refractivity contribution in [2.24, 2.45) is 0 Å². The van der Waals surface area contributed by atoms with E-state index in [4.69, 9.17) is 0 Å². The third kappa shape index (κ3) is 4.00. The number of H-pyrrole nitrogens is 1. The van der Waals surface area contributed by atoms with E-state index >= 15 is 0 Å². The molecule has 0 spiro atoms. The van der Waals surface area contributed by atoms with E-state index < -0.39 is 0 Å². The van der Waals surface area contributed by atoms with Crippen molar-refractivity contribution in [3.05, 3.63) is 76.3 Å². The highest BCUT2D eigenvalue weighted by Crippen LogP contribution is 2.23. The summed E-state index contributed by atoms with van der Waals surface area (Å²) in [6, 6.07) is 17.1. The molecular formula is C23H23N5O2. The summed E-state index contributed by atoms with van der Waals surface area (Å²) in [6.07, 6.45) is 0.812. The molecule has 7 nitrogen and oxygen atoms in total. The Labute approximate surface area is 173 Å². The Hall–Kier alpha value is -3.74. The van der Waals surface area contributed by atoms with Crippen LogP contribution in [0.2, 0.25) is 0 Å². The number of carbonyl (C=O) groups is 1. The van der Waals surface area contributed by atoms with E-state index in [0.29, 0.717) is 35.5 Å². The lowest BCUT2D eigenvalue weighted by Crippen LogP contribution is -2.24. The molecule has 0 aliphatic heterocycles. The fraction of sp³-hybridized carbons (Fsp3) is 0.217. The highest BCUT2D eigenvalue weighted by molar-refractivity contribution is 5.90. The summed E-state index contributed by atoms with van der Waals surface area (Å²) in [5.41, 5.74) is 3.64. The number of para-hydroxylation sites is 1. The molecule has 152 valence electrons. The Morgan fingerprint density at radius 3 is 2.70 bits per heavy atom. The quantitative estimate of drug-likeness (QED) is 0.514. The van der Waals surface area contributed by atoms with Gasteiger partial charge in [-0.15, -0.1) is 0 Å². The number of amides is 1. The van der Waals surface area contributed by atoms with Crippen molar-refractivity contribution in [3.8, 4) is 11.3 Å². The fourth-order valence-electron chi connectivity index (χ4n) is 3.54. The summed E-state index contributed by atoms with van der Waals surface area (Å²) in [6.45, 7) is 4.27. The van der Waals surface area contributed by atoms with Crippen LogP contribution in [0.3, 0.4) is 0 Å². The normalized spacial score (nSPS) is 11.0. The van der Waals surface area contributed by atoms with E-state index in [-0.39, 0.29) is 17.9 Å². The molecule has 0 bridgehead atoms. The van der Waals surface area contributed by atoms with Gasteiger partial charge in [-0.2, -0.15) is 5.10 Å². The Bertz CT molecular complexity index is 1270. The highest BCUT2D eigenvalue weighted by Gasteiger charge is 2.11. The summed E-state index contributed by atoms with van der Waals surface area (Å²) in [4.78, 5) is 29.5. The summed E-state index contributed by atoms with van der Waals surface area (Å²) in [5.74, 6) is 0.991. The molecule has 2 heterocycles. The summed E-state index contributed by atoms with van der Waals surface area (Å²) in [7, 11) is 0. The van der Waals surface area contributed by atoms with Crippen LogP contribution < -0.4 is 10.9 Å². The molecule has 4 aromatic rings. The smallest absolute Gasteiger partial charge is 0.261 e. The first kappa shape index (κ1) is 19.6. The Morgan fingerprint density at radius 2 is 1.87 bits per heavy atom. The van der Waals surface area contributed by atoms with E-state index in [1.165, 1.54) is 0 Å². The van der Waals surface area contributed by atoms with Gasteiger partial charge in [0.25, 0.3) is 5.56 Å². The summed E-state index contributed by atoms with van der Waals surface area (Å²) >= 11 is 0. The van der Waals surface area contributed by atoms with Crippen molar-refractivity contribution in [2.45, 2.75) is 33.2 Å². The minimum absolute atomic E-state index is 0.0753. The number of benzene rings is 2. The second-order valence-corrected chi connectivity index (χ2v) is 7.27. The average molecular weight is 401 g/mol. The van der Waals surface area contributed by atoms with E-state index in [1.807, 2.05) is 62.4 Å². The molecule has 4 rings (SSSR count). The minimum atomic E-state index is -0.141. The van der Waals surface area contributed by atoms with Crippen molar-refractivity contribution in [1.29, 1.82) is 0 Å². The SMILES string of the molecule is Cc1ccccc1-c1cc(NC(=O)CCCn2c(C)nc3ccccc3c2=O)n[nH]1. The van der Waals surface area contributed by atoms with Crippen LogP contribution in [0, 0.1) is 13.8 Å². The molecule has 2 aromatic heterocycles. The van der Waals surface area contributed by atoms with Crippen LogP contribution in [0.25, 0.3) is 22.2 Å². The Kier molecular flexibility index (Phi) is 5.43. The van der Waals surface area contributed by atoms with Crippen LogP contribution in [0.15, 0.2) is 59.4 Å². The maximum Gasteiger partial charge on any atom is 0.261 e. The second-order valence-electron chi connectivity index (χ2n) is 7.27. The minimum Gasteiger partial charge on any atom is -0.309 e. The summed E-state index contributed by atoms with van der Waals surface area (Å²) < 4.78 is 1.63. The van der Waals surface area contributed by atoms with Crippen LogP contribution in [-0.4, -0.2) is 25.7 Å². The van der Waals surface area contributed by atoms with Gasteiger partial charge in [0.1, 0.15) is 5.82 Å². The molecule has 7 heteroatoms. The predicted molar refractivity (Wildman–Crippen MR) is 117 cm³/mol. The van der Waals surface area contributed by atoms with E-state index in [9.17, 15) is 9.59 Å². The number of anilines is 1. The highest BCUT2D eigenvalue weighted by atomic mass is 16.1. The number of aryl methyl sites for hydroxylation is 2. The van der Waals surface area contributed by atoms with E-state index in [1.54, 1.807) is 10.6 Å². The number of rotatable bonds is 6. The van der Waals surface area contributed by atoms with E-state index in [2.05, 4.69) is 20.5 Å². The van der Waals surface area contributed by atoms with Gasteiger partial charge in [0.2, 0.25) is 5.91 Å². The average Bonchev–Trinajstić information content (AvgIpc) is 3.19. The first-order valence-corrected chi connectivity index (χ1v) is 9.90. The van der Waals surface area contributed by atoms with Crippen molar-refractivity contribution >= 4 is 22.6 Å². The number of aromatic nitrogens is 4. The Balaban J connectivity index is 1.38. The molecule has 0 radical (unpaired) electrons. The first-order chi connectivity index (χ1) is 14.5. The van der Waals surface area contributed by atoms with Gasteiger partial charge in [-0.3, -0.25) is 19.3 Å². The van der Waals surface area contributed by atoms with Crippen LogP contribution in [0.1, 0.15) is 24.2 Å². The molecule has 30 heavy (non-hydrogen) atoms. The van der Waals surface area contributed by atoms with Gasteiger partial charge < -0.3 is 5.32 Å². The lowest BCUT2D eigenvalue weighted by Gasteiger charge is -2.10. The topological polar surface area (TPSA) is 92.7 Å². The standard InChI is InChI=1S/C23H23N5O2/c1-15-8-3-4-9-17(15)20-14-21(27-26-20)25-22(29)12-7-13-28-16(2)24-19-11-6-5-10-18(19)23(28)30/h3-6,8-11,14H,7,12-13H2,1-2H3,(H2,25,26,27,29). The first-order valence-electron chi connectivity index (χ1n) is 9.90. The zero-order valence-corrected chi connectivity index (χ0v) is 17.0. The second kappa shape index (κ2) is 8.32. The van der Waals surface area contributed by atoms with Gasteiger partial charge in [-0.25, -0.2) is 4.98 Å². The van der Waals surface area contributed by atoms with Gasteiger partial charge >= 0.3 is 0 Å². The summed E-state index contributed by atoms with van der Waals surface area (Å²) in [5, 5.41) is 10.5. The lowest BCUT2D eigenvalue weighted by atomic mass is 10.1. The fourth-order valence-corrected chi connectivity index (χ4v) is 3.54. The largest absolute Gasteiger partial charge is 0.309 e. The van der Waals surface area contributed by atoms with Gasteiger partial charge in [0, 0.05) is 24.6 Å². The van der Waals surface area contributed by atoms with Crippen LogP contribution in [0.5, 0.6) is 0 Å². The number of nitrogens with one attached hydrogen (secondary N) is 2. The Morgan fingerprint density at radius 1 is 1.10 bits per heavy atom. The molecule has 0 aliphatic rings. The molecule has 0 fully saturated rings. The number of hydrogen-bond donors (Lipinski definition) is 2. The van der Waals surface area contributed by atoms with Crippen molar-refractivity contribution < 1.29 is 4.79 Å². The molecule has 2 N–H and O–H groups in total.